The van der Waals surface area contributed by atoms with E-state index < -0.39 is 0 Å². The minimum atomic E-state index is -0.217. The number of nitrogens with one attached hydrogen (secondary N) is 1. The molecule has 5 heteroatoms. The van der Waals surface area contributed by atoms with Gasteiger partial charge in [-0.15, -0.1) is 0 Å². The van der Waals surface area contributed by atoms with Crippen LogP contribution in [-0.2, 0) is 6.54 Å². The molecule has 0 spiro atoms. The summed E-state index contributed by atoms with van der Waals surface area (Å²) >= 11 is 4.80. The third-order valence-corrected chi connectivity index (χ3v) is 4.86. The Morgan fingerprint density at radius 1 is 1.24 bits per heavy atom. The van der Waals surface area contributed by atoms with Crippen LogP contribution in [0.25, 0.3) is 0 Å². The summed E-state index contributed by atoms with van der Waals surface area (Å²) in [4.78, 5) is 4.91. The molecule has 2 aromatic rings. The van der Waals surface area contributed by atoms with E-state index in [1.54, 1.807) is 12.3 Å². The van der Waals surface area contributed by atoms with E-state index in [0.717, 1.165) is 15.1 Å². The van der Waals surface area contributed by atoms with Gasteiger partial charge in [-0.25, -0.2) is 9.37 Å². The summed E-state index contributed by atoms with van der Waals surface area (Å²) in [5.41, 5.74) is 0.923. The van der Waals surface area contributed by atoms with Gasteiger partial charge in [0.15, 0.2) is 0 Å². The van der Waals surface area contributed by atoms with Crippen molar-refractivity contribution >= 4 is 27.7 Å². The Morgan fingerprint density at radius 3 is 2.67 bits per heavy atom. The molecule has 0 radical (unpaired) electrons. The minimum Gasteiger partial charge on any atom is -0.308 e. The maximum absolute atomic E-state index is 14.2. The molecule has 1 N–H and O–H groups in total. The minimum absolute atomic E-state index is 0.0141. The first-order valence-corrected chi connectivity index (χ1v) is 8.28. The lowest BCUT2D eigenvalue weighted by molar-refractivity contribution is 0.421. The van der Waals surface area contributed by atoms with Gasteiger partial charge in [0.2, 0.25) is 0 Å². The average molecular weight is 369 g/mol. The molecule has 112 valence electrons. The number of aromatic nitrogens is 1. The quantitative estimate of drug-likeness (QED) is 0.819. The molecule has 0 saturated heterocycles. The molecule has 0 aliphatic carbocycles. The van der Waals surface area contributed by atoms with Gasteiger partial charge in [0, 0.05) is 18.3 Å². The van der Waals surface area contributed by atoms with Crippen molar-refractivity contribution in [3.05, 3.63) is 52.4 Å². The first-order chi connectivity index (χ1) is 9.87. The van der Waals surface area contributed by atoms with Crippen LogP contribution in [-0.4, -0.2) is 10.5 Å². The highest BCUT2D eigenvalue weighted by Crippen LogP contribution is 2.35. The second-order valence-electron chi connectivity index (χ2n) is 5.72. The van der Waals surface area contributed by atoms with Crippen molar-refractivity contribution in [2.75, 3.05) is 0 Å². The molecule has 0 aliphatic rings. The van der Waals surface area contributed by atoms with Crippen molar-refractivity contribution in [3.63, 3.8) is 0 Å². The summed E-state index contributed by atoms with van der Waals surface area (Å²) in [7, 11) is 0. The van der Waals surface area contributed by atoms with Crippen molar-refractivity contribution in [2.45, 2.75) is 42.8 Å². The Labute approximate surface area is 137 Å². The normalized spacial score (nSPS) is 11.7. The van der Waals surface area contributed by atoms with Gasteiger partial charge in [0.25, 0.3) is 0 Å². The zero-order chi connectivity index (χ0) is 15.5. The maximum Gasteiger partial charge on any atom is 0.137 e. The molecule has 0 amide bonds. The van der Waals surface area contributed by atoms with Gasteiger partial charge in [-0.3, -0.25) is 0 Å². The first kappa shape index (κ1) is 16.5. The highest BCUT2D eigenvalue weighted by Gasteiger charge is 2.15. The van der Waals surface area contributed by atoms with Gasteiger partial charge in [-0.05, 0) is 60.5 Å². The Hall–Kier alpha value is -0.910. The molecule has 0 unspecified atom stereocenters. The number of pyridine rings is 1. The molecule has 2 rings (SSSR count). The Bertz CT molecular complexity index is 626. The predicted octanol–water partition coefficient (Wildman–Crippen LogP) is 5.02. The lowest BCUT2D eigenvalue weighted by atomic mass is 10.1. The topological polar surface area (TPSA) is 24.9 Å². The van der Waals surface area contributed by atoms with Crippen LogP contribution in [0.15, 0.2) is 50.9 Å². The van der Waals surface area contributed by atoms with Crippen molar-refractivity contribution in [3.8, 4) is 0 Å². The number of nitrogens with zero attached hydrogens (tertiary/aromatic N) is 1. The Morgan fingerprint density at radius 2 is 2.00 bits per heavy atom. The van der Waals surface area contributed by atoms with Crippen LogP contribution in [0.5, 0.6) is 0 Å². The summed E-state index contributed by atoms with van der Waals surface area (Å²) in [6, 6.07) is 8.92. The standard InChI is InChI=1S/C16H18BrFN2S/c1-16(2,3)20-10-11-6-4-8-13(18)14(11)21-15-12(17)7-5-9-19-15/h4-9,20H,10H2,1-3H3. The van der Waals surface area contributed by atoms with Crippen LogP contribution < -0.4 is 5.32 Å². The SMILES string of the molecule is CC(C)(C)NCc1cccc(F)c1Sc1ncccc1Br. The highest BCUT2D eigenvalue weighted by atomic mass is 79.9. The monoisotopic (exact) mass is 368 g/mol. The molecule has 1 aromatic carbocycles. The smallest absolute Gasteiger partial charge is 0.137 e. The Balaban J connectivity index is 2.28. The van der Waals surface area contributed by atoms with E-state index >= 15 is 0 Å². The van der Waals surface area contributed by atoms with E-state index in [0.29, 0.717) is 11.4 Å². The summed E-state index contributed by atoms with van der Waals surface area (Å²) in [6.45, 7) is 6.89. The number of hydrogen-bond acceptors (Lipinski definition) is 3. The van der Waals surface area contributed by atoms with E-state index in [4.69, 9.17) is 0 Å². The van der Waals surface area contributed by atoms with Crippen molar-refractivity contribution in [2.24, 2.45) is 0 Å². The number of rotatable bonds is 4. The maximum atomic E-state index is 14.2. The first-order valence-electron chi connectivity index (χ1n) is 6.67. The molecule has 21 heavy (non-hydrogen) atoms. The van der Waals surface area contributed by atoms with Crippen LogP contribution in [0, 0.1) is 5.82 Å². The van der Waals surface area contributed by atoms with Gasteiger partial charge < -0.3 is 5.32 Å². The largest absolute Gasteiger partial charge is 0.308 e. The van der Waals surface area contributed by atoms with Crippen molar-refractivity contribution in [1.29, 1.82) is 0 Å². The molecule has 1 heterocycles. The lowest BCUT2D eigenvalue weighted by Gasteiger charge is -2.21. The fourth-order valence-electron chi connectivity index (χ4n) is 1.71. The summed E-state index contributed by atoms with van der Waals surface area (Å²) in [5.74, 6) is -0.217. The second kappa shape index (κ2) is 6.90. The van der Waals surface area contributed by atoms with Crippen LogP contribution >= 0.6 is 27.7 Å². The van der Waals surface area contributed by atoms with E-state index in [-0.39, 0.29) is 11.4 Å². The van der Waals surface area contributed by atoms with E-state index in [1.165, 1.54) is 17.8 Å². The third kappa shape index (κ3) is 4.80. The highest BCUT2D eigenvalue weighted by molar-refractivity contribution is 9.10. The molecule has 0 saturated carbocycles. The number of halogens is 2. The fourth-order valence-corrected chi connectivity index (χ4v) is 3.12. The van der Waals surface area contributed by atoms with Crippen LogP contribution in [0.2, 0.25) is 0 Å². The molecule has 2 nitrogen and oxygen atoms in total. The average Bonchev–Trinajstić information content (AvgIpc) is 2.41. The number of benzene rings is 1. The Kier molecular flexibility index (Phi) is 5.41. The van der Waals surface area contributed by atoms with Crippen molar-refractivity contribution in [1.82, 2.24) is 10.3 Å². The van der Waals surface area contributed by atoms with Gasteiger partial charge in [-0.2, -0.15) is 0 Å². The van der Waals surface area contributed by atoms with Gasteiger partial charge >= 0.3 is 0 Å². The molecular weight excluding hydrogens is 351 g/mol. The lowest BCUT2D eigenvalue weighted by Crippen LogP contribution is -2.35. The van der Waals surface area contributed by atoms with Gasteiger partial charge in [0.05, 0.1) is 9.37 Å². The van der Waals surface area contributed by atoms with Crippen LogP contribution in [0.3, 0.4) is 0 Å². The predicted molar refractivity (Wildman–Crippen MR) is 89.1 cm³/mol. The van der Waals surface area contributed by atoms with E-state index in [9.17, 15) is 4.39 Å². The van der Waals surface area contributed by atoms with E-state index in [1.807, 2.05) is 18.2 Å². The zero-order valence-corrected chi connectivity index (χ0v) is 14.7. The zero-order valence-electron chi connectivity index (χ0n) is 12.3. The fraction of sp³-hybridized carbons (Fsp3) is 0.312. The van der Waals surface area contributed by atoms with Crippen molar-refractivity contribution < 1.29 is 4.39 Å². The molecule has 0 bridgehead atoms. The molecule has 1 aromatic heterocycles. The molecule has 0 atom stereocenters. The molecular formula is C16H18BrFN2S. The summed E-state index contributed by atoms with van der Waals surface area (Å²) in [6.07, 6.45) is 1.71. The van der Waals surface area contributed by atoms with Crippen LogP contribution in [0.4, 0.5) is 4.39 Å². The summed E-state index contributed by atoms with van der Waals surface area (Å²) in [5, 5.41) is 4.16. The second-order valence-corrected chi connectivity index (χ2v) is 7.58. The van der Waals surface area contributed by atoms with E-state index in [2.05, 4.69) is 47.0 Å². The summed E-state index contributed by atoms with van der Waals surface area (Å²) < 4.78 is 15.1. The van der Waals surface area contributed by atoms with Gasteiger partial charge in [0.1, 0.15) is 10.8 Å². The molecule has 0 aliphatic heterocycles. The van der Waals surface area contributed by atoms with Gasteiger partial charge in [-0.1, -0.05) is 23.9 Å². The third-order valence-electron chi connectivity index (χ3n) is 2.78. The molecule has 0 fully saturated rings. The van der Waals surface area contributed by atoms with Crippen LogP contribution in [0.1, 0.15) is 26.3 Å². The number of hydrogen-bond donors (Lipinski definition) is 1.